The van der Waals surface area contributed by atoms with Gasteiger partial charge in [0, 0.05) is 33.3 Å². The second kappa shape index (κ2) is 10.4. The van der Waals surface area contributed by atoms with Crippen LogP contribution in [0.4, 0.5) is 18.0 Å². The van der Waals surface area contributed by atoms with Gasteiger partial charge in [0.05, 0.1) is 36.9 Å². The molecule has 1 aromatic heterocycles. The summed E-state index contributed by atoms with van der Waals surface area (Å²) in [6, 6.07) is 2.92. The number of rotatable bonds is 6. The number of halogens is 3. The molecule has 1 saturated heterocycles. The Morgan fingerprint density at radius 2 is 1.86 bits per heavy atom. The number of hydrogen-bond donors (Lipinski definition) is 0. The van der Waals surface area contributed by atoms with Crippen LogP contribution in [-0.4, -0.2) is 89.7 Å². The highest BCUT2D eigenvalue weighted by Crippen LogP contribution is 2.30. The molecular formula is C23H31F3N4O5. The summed E-state index contributed by atoms with van der Waals surface area (Å²) in [7, 11) is 2.79. The highest BCUT2D eigenvalue weighted by molar-refractivity contribution is 5.93. The molecule has 35 heavy (non-hydrogen) atoms. The minimum atomic E-state index is -4.57. The van der Waals surface area contributed by atoms with E-state index < -0.39 is 36.4 Å². The average Bonchev–Trinajstić information content (AvgIpc) is 3.11. The molecule has 1 aliphatic rings. The second-order valence-corrected chi connectivity index (χ2v) is 9.32. The highest BCUT2D eigenvalue weighted by atomic mass is 19.4. The average molecular weight is 501 g/mol. The first-order valence-electron chi connectivity index (χ1n) is 11.2. The van der Waals surface area contributed by atoms with E-state index in [1.807, 2.05) is 0 Å². The van der Waals surface area contributed by atoms with Crippen LogP contribution >= 0.6 is 0 Å². The van der Waals surface area contributed by atoms with Crippen molar-refractivity contribution in [3.63, 3.8) is 0 Å². The Morgan fingerprint density at radius 1 is 1.14 bits per heavy atom. The van der Waals surface area contributed by atoms with Crippen LogP contribution in [0.3, 0.4) is 0 Å². The van der Waals surface area contributed by atoms with Crippen LogP contribution < -0.4 is 0 Å². The summed E-state index contributed by atoms with van der Waals surface area (Å²) >= 11 is 0. The zero-order valence-electron chi connectivity index (χ0n) is 20.5. The number of imidazole rings is 1. The van der Waals surface area contributed by atoms with Gasteiger partial charge in [-0.3, -0.25) is 4.90 Å². The normalized spacial score (nSPS) is 17.6. The summed E-state index contributed by atoms with van der Waals surface area (Å²) in [5.74, 6) is -0.123. The smallest absolute Gasteiger partial charge is 0.410 e. The number of fused-ring (bicyclic) bond motifs is 1. The summed E-state index contributed by atoms with van der Waals surface area (Å²) in [5.41, 5.74) is 0.636. The Morgan fingerprint density at radius 3 is 2.46 bits per heavy atom. The maximum atomic E-state index is 14.0. The Labute approximate surface area is 201 Å². The number of carbonyl (C=O) groups is 2. The van der Waals surface area contributed by atoms with Crippen molar-refractivity contribution < 1.29 is 37.0 Å². The molecule has 1 unspecified atom stereocenters. The Kier molecular flexibility index (Phi) is 7.95. The molecule has 2 aromatic rings. The molecule has 1 aliphatic heterocycles. The van der Waals surface area contributed by atoms with E-state index >= 15 is 0 Å². The molecule has 0 radical (unpaired) electrons. The van der Waals surface area contributed by atoms with Crippen molar-refractivity contribution in [2.24, 2.45) is 0 Å². The lowest BCUT2D eigenvalue weighted by molar-refractivity contribution is -0.197. The fraction of sp³-hybridized carbons (Fsp3) is 0.609. The van der Waals surface area contributed by atoms with Gasteiger partial charge in [0.2, 0.25) is 0 Å². The lowest BCUT2D eigenvalue weighted by Gasteiger charge is -2.42. The molecule has 0 spiro atoms. The molecule has 1 fully saturated rings. The quantitative estimate of drug-likeness (QED) is 0.562. The number of ether oxygens (including phenoxy) is 3. The third-order valence-corrected chi connectivity index (χ3v) is 5.63. The third-order valence-electron chi connectivity index (χ3n) is 5.63. The van der Waals surface area contributed by atoms with Crippen LogP contribution in [0, 0.1) is 0 Å². The number of esters is 1. The van der Waals surface area contributed by atoms with E-state index in [2.05, 4.69) is 4.98 Å². The number of hydrogen-bond acceptors (Lipinski definition) is 7. The van der Waals surface area contributed by atoms with Gasteiger partial charge in [0.1, 0.15) is 17.5 Å². The van der Waals surface area contributed by atoms with E-state index in [4.69, 9.17) is 14.2 Å². The molecular weight excluding hydrogens is 469 g/mol. The number of carbonyl (C=O) groups excluding carboxylic acids is 2. The van der Waals surface area contributed by atoms with Crippen LogP contribution in [0.5, 0.6) is 0 Å². The minimum absolute atomic E-state index is 0.00961. The van der Waals surface area contributed by atoms with Crippen molar-refractivity contribution in [2.75, 3.05) is 40.5 Å². The first kappa shape index (κ1) is 26.7. The molecule has 1 amide bonds. The number of amides is 1. The molecule has 0 N–H and O–H groups in total. The highest BCUT2D eigenvalue weighted by Gasteiger charge is 2.48. The van der Waals surface area contributed by atoms with Gasteiger partial charge in [-0.1, -0.05) is 0 Å². The number of piperazine rings is 1. The summed E-state index contributed by atoms with van der Waals surface area (Å²) in [6.45, 7) is 5.07. The Hall–Kier alpha value is -2.86. The molecule has 9 nitrogen and oxygen atoms in total. The molecule has 1 aromatic carbocycles. The number of benzene rings is 1. The number of methoxy groups -OCH3 is 2. The van der Waals surface area contributed by atoms with Crippen molar-refractivity contribution in [3.05, 3.63) is 29.6 Å². The monoisotopic (exact) mass is 500 g/mol. The Bertz CT molecular complexity index is 1060. The van der Waals surface area contributed by atoms with Crippen LogP contribution in [0.15, 0.2) is 18.2 Å². The van der Waals surface area contributed by atoms with Crippen molar-refractivity contribution in [1.29, 1.82) is 0 Å². The van der Waals surface area contributed by atoms with Gasteiger partial charge in [-0.05, 0) is 39.0 Å². The zero-order valence-corrected chi connectivity index (χ0v) is 20.5. The maximum Gasteiger partial charge on any atom is 0.410 e. The number of aromatic nitrogens is 2. The third kappa shape index (κ3) is 6.43. The van der Waals surface area contributed by atoms with Gasteiger partial charge >= 0.3 is 18.2 Å². The van der Waals surface area contributed by atoms with Crippen molar-refractivity contribution in [3.8, 4) is 0 Å². The first-order chi connectivity index (χ1) is 16.3. The predicted molar refractivity (Wildman–Crippen MR) is 121 cm³/mol. The molecule has 2 heterocycles. The lowest BCUT2D eigenvalue weighted by atomic mass is 10.1. The van der Waals surface area contributed by atoms with Crippen molar-refractivity contribution in [1.82, 2.24) is 19.4 Å². The predicted octanol–water partition coefficient (Wildman–Crippen LogP) is 3.45. The minimum Gasteiger partial charge on any atom is -0.465 e. The molecule has 194 valence electrons. The maximum absolute atomic E-state index is 14.0. The standard InChI is InChI=1S/C23H31F3N4O5/c1-22(2,3)35-21(32)29-9-8-28(18(13-29)23(24,25)26)14-19-27-16-7-6-15(20(31)34-5)12-17(16)30(19)10-11-33-4/h6-7,12,18H,8-11,13-14H2,1-5H3. The molecule has 0 saturated carbocycles. The molecule has 0 aliphatic carbocycles. The lowest BCUT2D eigenvalue weighted by Crippen LogP contribution is -2.60. The van der Waals surface area contributed by atoms with Gasteiger partial charge in [-0.25, -0.2) is 14.6 Å². The Balaban J connectivity index is 1.90. The van der Waals surface area contributed by atoms with Gasteiger partial charge in [0.25, 0.3) is 0 Å². The van der Waals surface area contributed by atoms with Gasteiger partial charge in [0.15, 0.2) is 0 Å². The molecule has 12 heteroatoms. The van der Waals surface area contributed by atoms with Crippen LogP contribution in [0.2, 0.25) is 0 Å². The van der Waals surface area contributed by atoms with Crippen LogP contribution in [0.1, 0.15) is 37.0 Å². The van der Waals surface area contributed by atoms with E-state index in [0.717, 1.165) is 4.90 Å². The topological polar surface area (TPSA) is 86.1 Å². The summed E-state index contributed by atoms with van der Waals surface area (Å²) in [6.07, 6.45) is -5.34. The number of alkyl halides is 3. The van der Waals surface area contributed by atoms with E-state index in [1.165, 1.54) is 19.1 Å². The summed E-state index contributed by atoms with van der Waals surface area (Å²) < 4.78 is 59.1. The van der Waals surface area contributed by atoms with Gasteiger partial charge in [-0.2, -0.15) is 13.2 Å². The first-order valence-corrected chi connectivity index (χ1v) is 11.2. The van der Waals surface area contributed by atoms with Gasteiger partial charge in [-0.15, -0.1) is 0 Å². The van der Waals surface area contributed by atoms with E-state index in [1.54, 1.807) is 43.5 Å². The number of nitrogens with zero attached hydrogens (tertiary/aromatic N) is 4. The van der Waals surface area contributed by atoms with Crippen molar-refractivity contribution in [2.45, 2.75) is 51.7 Å². The fourth-order valence-corrected chi connectivity index (χ4v) is 3.96. The summed E-state index contributed by atoms with van der Waals surface area (Å²) in [4.78, 5) is 31.3. The second-order valence-electron chi connectivity index (χ2n) is 9.32. The molecule has 1 atom stereocenters. The van der Waals surface area contributed by atoms with Crippen molar-refractivity contribution >= 4 is 23.1 Å². The molecule has 3 rings (SSSR count). The van der Waals surface area contributed by atoms with E-state index in [9.17, 15) is 22.8 Å². The zero-order chi connectivity index (χ0) is 26.0. The summed E-state index contributed by atoms with van der Waals surface area (Å²) in [5, 5.41) is 0. The van der Waals surface area contributed by atoms with Gasteiger partial charge < -0.3 is 23.7 Å². The SMILES string of the molecule is COCCn1c(CN2CCN(C(=O)OC(C)(C)C)CC2C(F)(F)F)nc2ccc(C(=O)OC)cc21. The van der Waals surface area contributed by atoms with E-state index in [0.29, 0.717) is 35.6 Å². The molecule has 0 bridgehead atoms. The van der Waals surface area contributed by atoms with Crippen LogP contribution in [0.25, 0.3) is 11.0 Å². The fourth-order valence-electron chi connectivity index (χ4n) is 3.96. The van der Waals surface area contributed by atoms with E-state index in [-0.39, 0.29) is 19.6 Å². The largest absolute Gasteiger partial charge is 0.465 e. The van der Waals surface area contributed by atoms with Crippen LogP contribution in [-0.2, 0) is 27.3 Å².